The Hall–Kier alpha value is -4.21. The van der Waals surface area contributed by atoms with Crippen molar-refractivity contribution < 1.29 is 32.2 Å². The van der Waals surface area contributed by atoms with E-state index in [1.54, 1.807) is 35.2 Å². The van der Waals surface area contributed by atoms with Crippen molar-refractivity contribution in [3.8, 4) is 22.6 Å². The summed E-state index contributed by atoms with van der Waals surface area (Å²) < 4.78 is 50.4. The highest BCUT2D eigenvalue weighted by Crippen LogP contribution is 2.46. The van der Waals surface area contributed by atoms with Crippen molar-refractivity contribution in [3.63, 3.8) is 0 Å². The van der Waals surface area contributed by atoms with Crippen molar-refractivity contribution >= 4 is 23.2 Å². The van der Waals surface area contributed by atoms with Gasteiger partial charge in [-0.1, -0.05) is 30.7 Å². The number of hydrogen-bond donors (Lipinski definition) is 2. The fourth-order valence-electron chi connectivity index (χ4n) is 4.72. The second-order valence-corrected chi connectivity index (χ2v) is 9.26. The number of carbonyl (C=O) groups excluding carboxylic acids is 2. The molecule has 3 aromatic carbocycles. The van der Waals surface area contributed by atoms with Crippen LogP contribution < -0.4 is 20.5 Å². The highest BCUT2D eigenvalue weighted by atomic mass is 19.4. The SMILES string of the molecule is COc1cc2c(c(-c3ccc(C(F)(F)F)cc3)c1OC)CN(CCCCCC(=O)Nc1ccccc1N)C2=O. The molecule has 0 saturated carbocycles. The van der Waals surface area contributed by atoms with Gasteiger partial charge in [0.2, 0.25) is 5.91 Å². The van der Waals surface area contributed by atoms with Gasteiger partial charge in [0, 0.05) is 30.6 Å². The molecule has 1 aliphatic rings. The molecule has 39 heavy (non-hydrogen) atoms. The summed E-state index contributed by atoms with van der Waals surface area (Å²) in [5, 5.41) is 2.80. The number of carbonyl (C=O) groups is 2. The van der Waals surface area contributed by atoms with Crippen LogP contribution in [0.1, 0.15) is 47.2 Å². The summed E-state index contributed by atoms with van der Waals surface area (Å²) in [5.41, 5.74) is 8.32. The summed E-state index contributed by atoms with van der Waals surface area (Å²) in [4.78, 5) is 27.2. The van der Waals surface area contributed by atoms with E-state index in [1.165, 1.54) is 26.4 Å². The number of nitrogens with two attached hydrogens (primary N) is 1. The number of hydrogen-bond acceptors (Lipinski definition) is 5. The molecule has 0 aliphatic carbocycles. The third-order valence-electron chi connectivity index (χ3n) is 6.71. The molecule has 3 aromatic rings. The van der Waals surface area contributed by atoms with Crippen LogP contribution in [0.4, 0.5) is 24.5 Å². The molecule has 3 N–H and O–H groups in total. The lowest BCUT2D eigenvalue weighted by Crippen LogP contribution is -2.25. The highest BCUT2D eigenvalue weighted by Gasteiger charge is 2.34. The van der Waals surface area contributed by atoms with Crippen LogP contribution in [-0.2, 0) is 17.5 Å². The number of rotatable bonds is 10. The first-order valence-corrected chi connectivity index (χ1v) is 12.5. The zero-order valence-electron chi connectivity index (χ0n) is 21.7. The van der Waals surface area contributed by atoms with E-state index in [4.69, 9.17) is 15.2 Å². The smallest absolute Gasteiger partial charge is 0.416 e. The number of amides is 2. The molecule has 206 valence electrons. The number of benzene rings is 3. The molecule has 0 unspecified atom stereocenters. The summed E-state index contributed by atoms with van der Waals surface area (Å²) in [7, 11) is 2.90. The number of nitrogens with zero attached hydrogens (tertiary/aromatic N) is 1. The minimum absolute atomic E-state index is 0.127. The third kappa shape index (κ3) is 6.10. The van der Waals surface area contributed by atoms with Gasteiger partial charge in [-0.05, 0) is 54.3 Å². The topological polar surface area (TPSA) is 93.9 Å². The molecule has 0 radical (unpaired) electrons. The van der Waals surface area contributed by atoms with E-state index < -0.39 is 11.7 Å². The Kier molecular flexibility index (Phi) is 8.32. The Balaban J connectivity index is 1.43. The quantitative estimate of drug-likeness (QED) is 0.238. The number of nitrogen functional groups attached to an aromatic ring is 1. The lowest BCUT2D eigenvalue weighted by atomic mass is 9.94. The largest absolute Gasteiger partial charge is 0.493 e. The normalized spacial score (nSPS) is 12.8. The molecule has 7 nitrogen and oxygen atoms in total. The van der Waals surface area contributed by atoms with Gasteiger partial charge in [-0.2, -0.15) is 13.2 Å². The van der Waals surface area contributed by atoms with Crippen LogP contribution in [0.2, 0.25) is 0 Å². The molecule has 0 aromatic heterocycles. The Morgan fingerprint density at radius 2 is 1.74 bits per heavy atom. The lowest BCUT2D eigenvalue weighted by molar-refractivity contribution is -0.137. The third-order valence-corrected chi connectivity index (χ3v) is 6.71. The summed E-state index contributed by atoms with van der Waals surface area (Å²) in [5.74, 6) is 0.372. The fourth-order valence-corrected chi connectivity index (χ4v) is 4.72. The molecule has 0 bridgehead atoms. The predicted molar refractivity (Wildman–Crippen MR) is 143 cm³/mol. The Morgan fingerprint density at radius 3 is 2.38 bits per heavy atom. The Bertz CT molecular complexity index is 1360. The zero-order valence-corrected chi connectivity index (χ0v) is 21.7. The van der Waals surface area contributed by atoms with Crippen LogP contribution in [0.3, 0.4) is 0 Å². The number of halogens is 3. The molecule has 0 spiro atoms. The van der Waals surface area contributed by atoms with E-state index >= 15 is 0 Å². The summed E-state index contributed by atoms with van der Waals surface area (Å²) in [6, 6.07) is 13.4. The van der Waals surface area contributed by atoms with Crippen molar-refractivity contribution in [1.82, 2.24) is 4.90 Å². The van der Waals surface area contributed by atoms with Crippen molar-refractivity contribution in [1.29, 1.82) is 0 Å². The molecule has 10 heteroatoms. The number of para-hydroxylation sites is 2. The van der Waals surface area contributed by atoms with Gasteiger partial charge in [-0.15, -0.1) is 0 Å². The van der Waals surface area contributed by atoms with Crippen molar-refractivity contribution in [2.75, 3.05) is 31.8 Å². The van der Waals surface area contributed by atoms with Crippen LogP contribution in [-0.4, -0.2) is 37.5 Å². The Labute approximate surface area is 224 Å². The number of fused-ring (bicyclic) bond motifs is 1. The molecule has 0 atom stereocenters. The molecular weight excluding hydrogens is 511 g/mol. The minimum atomic E-state index is -4.46. The number of nitrogens with one attached hydrogen (secondary N) is 1. The molecule has 4 rings (SSSR count). The van der Waals surface area contributed by atoms with Gasteiger partial charge in [0.1, 0.15) is 0 Å². The monoisotopic (exact) mass is 541 g/mol. The second-order valence-electron chi connectivity index (χ2n) is 9.26. The molecule has 1 aliphatic heterocycles. The first-order chi connectivity index (χ1) is 18.6. The molecule has 1 heterocycles. The van der Waals surface area contributed by atoms with Crippen LogP contribution >= 0.6 is 0 Å². The van der Waals surface area contributed by atoms with Gasteiger partial charge in [-0.25, -0.2) is 0 Å². The van der Waals surface area contributed by atoms with Crippen molar-refractivity contribution in [2.45, 2.75) is 38.4 Å². The summed E-state index contributed by atoms with van der Waals surface area (Å²) in [6.45, 7) is 0.760. The van der Waals surface area contributed by atoms with Gasteiger partial charge < -0.3 is 25.4 Å². The highest BCUT2D eigenvalue weighted by molar-refractivity contribution is 6.02. The van der Waals surface area contributed by atoms with Crippen LogP contribution in [0.25, 0.3) is 11.1 Å². The van der Waals surface area contributed by atoms with Crippen LogP contribution in [0.15, 0.2) is 54.6 Å². The molecule has 2 amide bonds. The number of anilines is 2. The standard InChI is InChI=1S/C29H30F3N3O4/c1-38-24-16-20-21(26(27(24)39-2)18-11-13-19(14-12-18)29(30,31)32)17-35(28(20)37)15-7-3-4-10-25(36)34-23-9-6-5-8-22(23)33/h5-6,8-9,11-14,16H,3-4,7,10,15,17,33H2,1-2H3,(H,34,36). The van der Waals surface area contributed by atoms with E-state index in [0.717, 1.165) is 18.6 Å². The number of unbranched alkanes of at least 4 members (excludes halogenated alkanes) is 2. The number of alkyl halides is 3. The van der Waals surface area contributed by atoms with Crippen LogP contribution in [0.5, 0.6) is 11.5 Å². The van der Waals surface area contributed by atoms with Crippen LogP contribution in [0, 0.1) is 0 Å². The maximum atomic E-state index is 13.2. The first kappa shape index (κ1) is 27.8. The maximum Gasteiger partial charge on any atom is 0.416 e. The molecule has 0 fully saturated rings. The van der Waals surface area contributed by atoms with Gasteiger partial charge >= 0.3 is 6.18 Å². The average molecular weight is 542 g/mol. The van der Waals surface area contributed by atoms with Gasteiger partial charge in [0.05, 0.1) is 31.2 Å². The second kappa shape index (κ2) is 11.7. The van der Waals surface area contributed by atoms with Crippen molar-refractivity contribution in [2.24, 2.45) is 0 Å². The zero-order chi connectivity index (χ0) is 28.2. The number of ether oxygens (including phenoxy) is 2. The Morgan fingerprint density at radius 1 is 1.03 bits per heavy atom. The van der Waals surface area contributed by atoms with Gasteiger partial charge in [-0.3, -0.25) is 9.59 Å². The van der Waals surface area contributed by atoms with E-state index in [2.05, 4.69) is 5.32 Å². The van der Waals surface area contributed by atoms with Gasteiger partial charge in [0.15, 0.2) is 11.5 Å². The average Bonchev–Trinajstić information content (AvgIpc) is 3.22. The summed E-state index contributed by atoms with van der Waals surface area (Å²) >= 11 is 0. The molecule has 0 saturated heterocycles. The molecular formula is C29H30F3N3O4. The predicted octanol–water partition coefficient (Wildman–Crippen LogP) is 6.13. The van der Waals surface area contributed by atoms with E-state index in [1.807, 2.05) is 0 Å². The first-order valence-electron chi connectivity index (χ1n) is 12.5. The van der Waals surface area contributed by atoms with Crippen molar-refractivity contribution in [3.05, 3.63) is 71.3 Å². The van der Waals surface area contributed by atoms with Gasteiger partial charge in [0.25, 0.3) is 5.91 Å². The minimum Gasteiger partial charge on any atom is -0.493 e. The fraction of sp³-hybridized carbons (Fsp3) is 0.310. The lowest BCUT2D eigenvalue weighted by Gasteiger charge is -2.18. The van der Waals surface area contributed by atoms with E-state index in [-0.39, 0.29) is 11.8 Å². The van der Waals surface area contributed by atoms with E-state index in [9.17, 15) is 22.8 Å². The number of methoxy groups -OCH3 is 2. The maximum absolute atomic E-state index is 13.2. The van der Waals surface area contributed by atoms with E-state index in [0.29, 0.717) is 77.5 Å². The summed E-state index contributed by atoms with van der Waals surface area (Å²) in [6.07, 6.45) is -2.07.